The monoisotopic (exact) mass is 439 g/mol. The third kappa shape index (κ3) is 3.53. The molecule has 1 aliphatic rings. The minimum absolute atomic E-state index is 0.00480. The SMILES string of the molecule is COC(=O)C1=C(C(=O)c2ccc(F)cc2)[C@@H](c2cc(OC)ccc2OC)n2nnnc2N1. The van der Waals surface area contributed by atoms with E-state index in [1.54, 1.807) is 18.2 Å². The summed E-state index contributed by atoms with van der Waals surface area (Å²) in [5.74, 6) is -0.823. The van der Waals surface area contributed by atoms with E-state index < -0.39 is 23.6 Å². The second-order valence-electron chi connectivity index (χ2n) is 6.70. The van der Waals surface area contributed by atoms with E-state index in [0.29, 0.717) is 17.1 Å². The maximum Gasteiger partial charge on any atom is 0.355 e. The van der Waals surface area contributed by atoms with Crippen molar-refractivity contribution in [1.29, 1.82) is 0 Å². The van der Waals surface area contributed by atoms with Gasteiger partial charge in [0.1, 0.15) is 29.1 Å². The first-order valence-corrected chi connectivity index (χ1v) is 9.38. The molecule has 2 aromatic carbocycles. The number of benzene rings is 2. The van der Waals surface area contributed by atoms with Crippen LogP contribution in [0.5, 0.6) is 11.5 Å². The zero-order valence-corrected chi connectivity index (χ0v) is 17.3. The van der Waals surface area contributed by atoms with Gasteiger partial charge in [-0.05, 0) is 52.9 Å². The molecule has 0 bridgehead atoms. The third-order valence-electron chi connectivity index (χ3n) is 4.99. The van der Waals surface area contributed by atoms with E-state index >= 15 is 0 Å². The summed E-state index contributed by atoms with van der Waals surface area (Å²) in [5, 5.41) is 14.3. The lowest BCUT2D eigenvalue weighted by molar-refractivity contribution is -0.136. The van der Waals surface area contributed by atoms with E-state index in [-0.39, 0.29) is 22.8 Å². The lowest BCUT2D eigenvalue weighted by atomic mass is 9.88. The number of Topliss-reactive ketones (excluding diaryl/α,β-unsaturated/α-hetero) is 1. The molecule has 1 atom stereocenters. The number of tetrazole rings is 1. The summed E-state index contributed by atoms with van der Waals surface area (Å²) in [5.41, 5.74) is 0.482. The number of nitrogens with one attached hydrogen (secondary N) is 1. The van der Waals surface area contributed by atoms with Crippen molar-refractivity contribution in [2.45, 2.75) is 6.04 Å². The predicted molar refractivity (Wildman–Crippen MR) is 109 cm³/mol. The van der Waals surface area contributed by atoms with Gasteiger partial charge in [0, 0.05) is 11.1 Å². The van der Waals surface area contributed by atoms with Crippen molar-refractivity contribution in [2.75, 3.05) is 26.6 Å². The van der Waals surface area contributed by atoms with Gasteiger partial charge in [0.2, 0.25) is 5.95 Å². The van der Waals surface area contributed by atoms with Crippen molar-refractivity contribution in [3.8, 4) is 11.5 Å². The Morgan fingerprint density at radius 3 is 2.47 bits per heavy atom. The van der Waals surface area contributed by atoms with Gasteiger partial charge in [0.05, 0.1) is 26.9 Å². The Bertz CT molecular complexity index is 1220. The normalized spacial score (nSPS) is 14.9. The second kappa shape index (κ2) is 8.46. The number of halogens is 1. The van der Waals surface area contributed by atoms with Gasteiger partial charge in [-0.25, -0.2) is 9.18 Å². The molecule has 32 heavy (non-hydrogen) atoms. The maximum atomic E-state index is 13.6. The molecule has 0 saturated carbocycles. The Balaban J connectivity index is 2.00. The second-order valence-corrected chi connectivity index (χ2v) is 6.70. The minimum atomic E-state index is -0.974. The number of ketones is 1. The smallest absolute Gasteiger partial charge is 0.355 e. The summed E-state index contributed by atoms with van der Waals surface area (Å²) in [4.78, 5) is 26.3. The van der Waals surface area contributed by atoms with Crippen LogP contribution in [-0.4, -0.2) is 53.3 Å². The fourth-order valence-electron chi connectivity index (χ4n) is 3.49. The number of ether oxygens (including phenoxy) is 3. The first-order chi connectivity index (χ1) is 15.5. The van der Waals surface area contributed by atoms with Crippen molar-refractivity contribution >= 4 is 17.7 Å². The quantitative estimate of drug-likeness (QED) is 0.455. The Labute approximate surface area is 181 Å². The number of rotatable bonds is 6. The van der Waals surface area contributed by atoms with E-state index in [9.17, 15) is 14.0 Å². The molecule has 164 valence electrons. The number of aromatic nitrogens is 4. The van der Waals surface area contributed by atoms with E-state index in [1.165, 1.54) is 38.1 Å². The number of methoxy groups -OCH3 is 3. The van der Waals surface area contributed by atoms with Gasteiger partial charge < -0.3 is 19.5 Å². The molecule has 2 heterocycles. The highest BCUT2D eigenvalue weighted by Gasteiger charge is 2.40. The Morgan fingerprint density at radius 1 is 1.06 bits per heavy atom. The van der Waals surface area contributed by atoms with Crippen LogP contribution in [0.25, 0.3) is 0 Å². The number of nitrogens with zero attached hydrogens (tertiary/aromatic N) is 4. The van der Waals surface area contributed by atoms with Gasteiger partial charge in [-0.1, -0.05) is 5.10 Å². The average Bonchev–Trinajstić information content (AvgIpc) is 3.30. The summed E-state index contributed by atoms with van der Waals surface area (Å²) in [6.45, 7) is 0. The number of hydrogen-bond acceptors (Lipinski definition) is 9. The summed E-state index contributed by atoms with van der Waals surface area (Å²) < 4.78 is 30.5. The molecule has 0 unspecified atom stereocenters. The molecule has 0 spiro atoms. The largest absolute Gasteiger partial charge is 0.497 e. The van der Waals surface area contributed by atoms with Crippen molar-refractivity contribution in [3.05, 3.63) is 70.7 Å². The van der Waals surface area contributed by atoms with Crippen LogP contribution in [0.1, 0.15) is 22.0 Å². The molecule has 4 rings (SSSR count). The molecular weight excluding hydrogens is 421 g/mol. The van der Waals surface area contributed by atoms with Gasteiger partial charge in [-0.15, -0.1) is 0 Å². The number of fused-ring (bicyclic) bond motifs is 1. The molecule has 0 aliphatic carbocycles. The Hall–Kier alpha value is -4.28. The van der Waals surface area contributed by atoms with Crippen LogP contribution in [0.3, 0.4) is 0 Å². The highest BCUT2D eigenvalue weighted by Crippen LogP contribution is 2.41. The van der Waals surface area contributed by atoms with Crippen molar-refractivity contribution < 1.29 is 28.2 Å². The van der Waals surface area contributed by atoms with Crippen LogP contribution in [-0.2, 0) is 9.53 Å². The van der Waals surface area contributed by atoms with E-state index in [4.69, 9.17) is 14.2 Å². The standard InChI is InChI=1S/C21H18FN5O5/c1-30-13-8-9-15(31-2)14(10-13)18-16(19(28)11-4-6-12(22)7-5-11)17(20(29)32-3)23-21-24-25-26-27(18)21/h4-10,18H,1-3H3,(H,23,24,26)/t18-/m1/s1. The molecule has 0 amide bonds. The van der Waals surface area contributed by atoms with E-state index in [2.05, 4.69) is 20.8 Å². The lowest BCUT2D eigenvalue weighted by Crippen LogP contribution is -2.33. The number of hydrogen-bond donors (Lipinski definition) is 1. The van der Waals surface area contributed by atoms with Gasteiger partial charge >= 0.3 is 5.97 Å². The van der Waals surface area contributed by atoms with E-state index in [1.807, 2.05) is 0 Å². The fourth-order valence-corrected chi connectivity index (χ4v) is 3.49. The molecule has 3 aromatic rings. The number of allylic oxidation sites excluding steroid dienone is 1. The molecular formula is C21H18FN5O5. The first kappa shape index (κ1) is 21.0. The molecule has 1 aliphatic heterocycles. The molecule has 1 N–H and O–H groups in total. The molecule has 0 fully saturated rings. The first-order valence-electron chi connectivity index (χ1n) is 9.38. The number of carbonyl (C=O) groups excluding carboxylic acids is 2. The fraction of sp³-hybridized carbons (Fsp3) is 0.190. The summed E-state index contributed by atoms with van der Waals surface area (Å²) >= 11 is 0. The van der Waals surface area contributed by atoms with Gasteiger partial charge in [-0.2, -0.15) is 4.68 Å². The van der Waals surface area contributed by atoms with Crippen LogP contribution >= 0.6 is 0 Å². The van der Waals surface area contributed by atoms with Crippen LogP contribution in [0, 0.1) is 5.82 Å². The number of anilines is 1. The zero-order valence-electron chi connectivity index (χ0n) is 17.3. The number of esters is 1. The Morgan fingerprint density at radius 2 is 1.81 bits per heavy atom. The lowest BCUT2D eigenvalue weighted by Gasteiger charge is -2.29. The van der Waals surface area contributed by atoms with Crippen LogP contribution < -0.4 is 14.8 Å². The van der Waals surface area contributed by atoms with Gasteiger partial charge in [0.15, 0.2) is 5.78 Å². The van der Waals surface area contributed by atoms with Crippen molar-refractivity contribution in [2.24, 2.45) is 0 Å². The van der Waals surface area contributed by atoms with Crippen LogP contribution in [0.4, 0.5) is 10.3 Å². The summed E-state index contributed by atoms with van der Waals surface area (Å²) in [6.07, 6.45) is 0. The Kier molecular flexibility index (Phi) is 5.54. The highest BCUT2D eigenvalue weighted by molar-refractivity contribution is 6.15. The minimum Gasteiger partial charge on any atom is -0.497 e. The third-order valence-corrected chi connectivity index (χ3v) is 4.99. The van der Waals surface area contributed by atoms with Crippen molar-refractivity contribution in [1.82, 2.24) is 20.2 Å². The van der Waals surface area contributed by atoms with Gasteiger partial charge in [-0.3, -0.25) is 4.79 Å². The molecule has 11 heteroatoms. The van der Waals surface area contributed by atoms with Crippen molar-refractivity contribution in [3.63, 3.8) is 0 Å². The van der Waals surface area contributed by atoms with Crippen LogP contribution in [0.15, 0.2) is 53.7 Å². The summed E-state index contributed by atoms with van der Waals surface area (Å²) in [7, 11) is 4.16. The zero-order chi connectivity index (χ0) is 22.8. The molecule has 0 saturated heterocycles. The van der Waals surface area contributed by atoms with Gasteiger partial charge in [0.25, 0.3) is 0 Å². The predicted octanol–water partition coefficient (Wildman–Crippen LogP) is 2.15. The van der Waals surface area contributed by atoms with Crippen LogP contribution in [0.2, 0.25) is 0 Å². The molecule has 1 aromatic heterocycles. The highest BCUT2D eigenvalue weighted by atomic mass is 19.1. The number of carbonyl (C=O) groups is 2. The van der Waals surface area contributed by atoms with E-state index in [0.717, 1.165) is 12.1 Å². The summed E-state index contributed by atoms with van der Waals surface area (Å²) in [6, 6.07) is 9.01. The molecule has 10 nitrogen and oxygen atoms in total. The maximum absolute atomic E-state index is 13.6. The molecule has 0 radical (unpaired) electrons. The average molecular weight is 439 g/mol. The topological polar surface area (TPSA) is 117 Å².